The average Bonchev–Trinajstić information content (AvgIpc) is 3.30. The molecule has 2 aliphatic carbocycles. The van der Waals surface area contributed by atoms with Gasteiger partial charge in [-0.15, -0.1) is 0 Å². The maximum Gasteiger partial charge on any atom is 0.264 e. The van der Waals surface area contributed by atoms with E-state index in [1.54, 1.807) is 24.3 Å². The van der Waals surface area contributed by atoms with Crippen LogP contribution in [0.15, 0.2) is 59.5 Å². The molecule has 0 heterocycles. The zero-order chi connectivity index (χ0) is 19.7. The van der Waals surface area contributed by atoms with Gasteiger partial charge in [0.05, 0.1) is 10.6 Å². The van der Waals surface area contributed by atoms with Crippen molar-refractivity contribution in [3.8, 4) is 0 Å². The molecule has 3 atom stereocenters. The van der Waals surface area contributed by atoms with Gasteiger partial charge in [0.15, 0.2) is 0 Å². The normalized spacial score (nSPS) is 23.5. The van der Waals surface area contributed by atoms with E-state index in [9.17, 15) is 13.2 Å². The number of amides is 1. The van der Waals surface area contributed by atoms with E-state index in [1.165, 1.54) is 41.4 Å². The summed E-state index contributed by atoms with van der Waals surface area (Å²) in [4.78, 5) is 12.9. The fraction of sp³-hybridized carbons (Fsp3) is 0.381. The summed E-state index contributed by atoms with van der Waals surface area (Å²) < 4.78 is 27.7. The summed E-state index contributed by atoms with van der Waals surface area (Å²) in [6, 6.07) is 14.9. The highest BCUT2D eigenvalue weighted by molar-refractivity contribution is 7.92. The third-order valence-corrected chi connectivity index (χ3v) is 7.86. The molecule has 2 bridgehead atoms. The third-order valence-electron chi connectivity index (χ3n) is 5.82. The van der Waals surface area contributed by atoms with Crippen LogP contribution in [0.1, 0.15) is 25.7 Å². The van der Waals surface area contributed by atoms with Crippen LogP contribution >= 0.6 is 11.6 Å². The number of halogens is 1. The predicted octanol–water partition coefficient (Wildman–Crippen LogP) is 3.84. The van der Waals surface area contributed by atoms with Crippen LogP contribution in [-0.4, -0.2) is 26.9 Å². The number of rotatable bonds is 6. The average molecular weight is 419 g/mol. The third kappa shape index (κ3) is 3.89. The van der Waals surface area contributed by atoms with Gasteiger partial charge < -0.3 is 5.32 Å². The molecule has 0 spiro atoms. The molecular weight excluding hydrogens is 396 g/mol. The van der Waals surface area contributed by atoms with Crippen molar-refractivity contribution in [2.75, 3.05) is 10.8 Å². The van der Waals surface area contributed by atoms with Crippen molar-refractivity contribution in [2.45, 2.75) is 36.6 Å². The van der Waals surface area contributed by atoms with Crippen molar-refractivity contribution in [1.29, 1.82) is 0 Å². The summed E-state index contributed by atoms with van der Waals surface area (Å²) in [5.74, 6) is 0.976. The quantitative estimate of drug-likeness (QED) is 0.775. The molecule has 1 N–H and O–H groups in total. The number of para-hydroxylation sites is 1. The number of fused-ring (bicyclic) bond motifs is 2. The lowest BCUT2D eigenvalue weighted by Gasteiger charge is -2.27. The number of sulfonamides is 1. The summed E-state index contributed by atoms with van der Waals surface area (Å²) in [7, 11) is -3.90. The van der Waals surface area contributed by atoms with Crippen molar-refractivity contribution in [2.24, 2.45) is 11.8 Å². The molecule has 0 radical (unpaired) electrons. The van der Waals surface area contributed by atoms with Crippen LogP contribution < -0.4 is 9.62 Å². The van der Waals surface area contributed by atoms with E-state index in [-0.39, 0.29) is 23.4 Å². The summed E-state index contributed by atoms with van der Waals surface area (Å²) in [5, 5.41) is 3.53. The van der Waals surface area contributed by atoms with E-state index in [1.807, 2.05) is 6.07 Å². The molecule has 2 aromatic rings. The number of nitrogens with one attached hydrogen (secondary N) is 1. The zero-order valence-electron chi connectivity index (χ0n) is 15.4. The Kier molecular flexibility index (Phi) is 5.34. The van der Waals surface area contributed by atoms with E-state index in [4.69, 9.17) is 11.6 Å². The van der Waals surface area contributed by atoms with Crippen molar-refractivity contribution in [3.05, 3.63) is 59.6 Å². The number of anilines is 1. The number of hydrogen-bond acceptors (Lipinski definition) is 3. The molecule has 2 aliphatic rings. The highest BCUT2D eigenvalue weighted by Crippen LogP contribution is 2.44. The van der Waals surface area contributed by atoms with E-state index in [0.29, 0.717) is 22.5 Å². The maximum absolute atomic E-state index is 13.2. The van der Waals surface area contributed by atoms with E-state index in [0.717, 1.165) is 12.8 Å². The maximum atomic E-state index is 13.2. The van der Waals surface area contributed by atoms with Gasteiger partial charge in [0.2, 0.25) is 5.91 Å². The number of hydrogen-bond donors (Lipinski definition) is 1. The van der Waals surface area contributed by atoms with Gasteiger partial charge in [0, 0.05) is 11.1 Å². The van der Waals surface area contributed by atoms with Crippen LogP contribution in [0.4, 0.5) is 5.69 Å². The summed E-state index contributed by atoms with van der Waals surface area (Å²) >= 11 is 5.90. The predicted molar refractivity (Wildman–Crippen MR) is 110 cm³/mol. The van der Waals surface area contributed by atoms with Crippen LogP contribution in [0, 0.1) is 11.8 Å². The van der Waals surface area contributed by atoms with Crippen molar-refractivity contribution in [3.63, 3.8) is 0 Å². The second-order valence-corrected chi connectivity index (χ2v) is 9.95. The van der Waals surface area contributed by atoms with Gasteiger partial charge in [-0.25, -0.2) is 8.42 Å². The first-order chi connectivity index (χ1) is 13.4. The van der Waals surface area contributed by atoms with Crippen molar-refractivity contribution >= 4 is 33.2 Å². The molecule has 0 aromatic heterocycles. The van der Waals surface area contributed by atoms with Gasteiger partial charge in [-0.3, -0.25) is 9.10 Å². The van der Waals surface area contributed by atoms with Gasteiger partial charge in [-0.2, -0.15) is 0 Å². The van der Waals surface area contributed by atoms with Crippen molar-refractivity contribution < 1.29 is 13.2 Å². The molecule has 0 unspecified atom stereocenters. The summed E-state index contributed by atoms with van der Waals surface area (Å²) in [6.07, 6.45) is 4.58. The van der Waals surface area contributed by atoms with E-state index >= 15 is 0 Å². The molecule has 2 aromatic carbocycles. The Morgan fingerprint density at radius 3 is 2.36 bits per heavy atom. The molecule has 7 heteroatoms. The zero-order valence-corrected chi connectivity index (χ0v) is 17.0. The molecule has 0 aliphatic heterocycles. The Morgan fingerprint density at radius 1 is 1.04 bits per heavy atom. The van der Waals surface area contributed by atoms with Crippen LogP contribution in [0.3, 0.4) is 0 Å². The number of benzene rings is 2. The number of nitrogens with zero attached hydrogens (tertiary/aromatic N) is 1. The van der Waals surface area contributed by atoms with E-state index < -0.39 is 10.0 Å². The standard InChI is InChI=1S/C21H23ClN2O3S/c22-17-8-10-19(11-9-17)28(26,27)24(18-4-2-1-3-5-18)14-21(25)23-20-13-15-6-7-16(20)12-15/h1-5,8-11,15-16,20H,6-7,12-14H2,(H,23,25)/t15-,16+,20-/m1/s1. The minimum absolute atomic E-state index is 0.105. The Labute approximate surface area is 170 Å². The monoisotopic (exact) mass is 418 g/mol. The van der Waals surface area contributed by atoms with Crippen LogP contribution in [0.2, 0.25) is 5.02 Å². The lowest BCUT2D eigenvalue weighted by Crippen LogP contribution is -2.45. The Morgan fingerprint density at radius 2 is 1.75 bits per heavy atom. The number of carbonyl (C=O) groups excluding carboxylic acids is 1. The molecule has 0 saturated heterocycles. The van der Waals surface area contributed by atoms with Gasteiger partial charge in [0.25, 0.3) is 10.0 Å². The van der Waals surface area contributed by atoms with Crippen molar-refractivity contribution in [1.82, 2.24) is 5.32 Å². The first-order valence-electron chi connectivity index (χ1n) is 9.56. The smallest absolute Gasteiger partial charge is 0.264 e. The lowest BCUT2D eigenvalue weighted by molar-refractivity contribution is -0.120. The fourth-order valence-electron chi connectivity index (χ4n) is 4.45. The SMILES string of the molecule is O=C(CN(c1ccccc1)S(=O)(=O)c1ccc(Cl)cc1)N[C@@H]1C[C@@H]2CC[C@H]1C2. The first-order valence-corrected chi connectivity index (χ1v) is 11.4. The molecule has 2 fully saturated rings. The number of carbonyl (C=O) groups is 1. The molecule has 148 valence electrons. The van der Waals surface area contributed by atoms with Crippen LogP contribution in [0.5, 0.6) is 0 Å². The molecule has 5 nitrogen and oxygen atoms in total. The van der Waals surface area contributed by atoms with Crippen LogP contribution in [-0.2, 0) is 14.8 Å². The van der Waals surface area contributed by atoms with Crippen LogP contribution in [0.25, 0.3) is 0 Å². The first kappa shape index (κ1) is 19.3. The van der Waals surface area contributed by atoms with Gasteiger partial charge in [-0.05, 0) is 67.5 Å². The van der Waals surface area contributed by atoms with Gasteiger partial charge in [0.1, 0.15) is 6.54 Å². The second kappa shape index (κ2) is 7.76. The molecule has 28 heavy (non-hydrogen) atoms. The lowest BCUT2D eigenvalue weighted by atomic mass is 9.95. The Hall–Kier alpha value is -2.05. The van der Waals surface area contributed by atoms with Gasteiger partial charge in [-0.1, -0.05) is 36.2 Å². The molecular formula is C21H23ClN2O3S. The van der Waals surface area contributed by atoms with Gasteiger partial charge >= 0.3 is 0 Å². The highest BCUT2D eigenvalue weighted by Gasteiger charge is 2.40. The van der Waals surface area contributed by atoms with E-state index in [2.05, 4.69) is 5.32 Å². The minimum Gasteiger partial charge on any atom is -0.352 e. The second-order valence-electron chi connectivity index (χ2n) is 7.65. The Bertz CT molecular complexity index is 947. The molecule has 2 saturated carbocycles. The molecule has 4 rings (SSSR count). The largest absolute Gasteiger partial charge is 0.352 e. The highest BCUT2D eigenvalue weighted by atomic mass is 35.5. The molecule has 1 amide bonds. The minimum atomic E-state index is -3.90. The summed E-state index contributed by atoms with van der Waals surface area (Å²) in [6.45, 7) is -0.247. The fourth-order valence-corrected chi connectivity index (χ4v) is 5.99. The topological polar surface area (TPSA) is 66.5 Å². The Balaban J connectivity index is 1.57. The summed E-state index contributed by atoms with van der Waals surface area (Å²) in [5.41, 5.74) is 0.459.